The number of benzene rings is 1. The Morgan fingerprint density at radius 1 is 0.909 bits per heavy atom. The van der Waals surface area contributed by atoms with E-state index in [9.17, 15) is 32.7 Å². The summed E-state index contributed by atoms with van der Waals surface area (Å²) in [5, 5.41) is 12.4. The SMILES string of the molecule is C=C(CC[C@]12O[C@H](C(=O)OC(C)(C)C)[C@@](OC)(C(=O)OC(C)(C)C)[C@](C(=O)OC(C)(C)C)(O1)[C@H](O)[C@H]2OS(C)(=O)=O)[C@@H](OC(C)=O)[C@H](C)Cc1ccccc1. The normalized spacial score (nSPS) is 28.1. The average Bonchev–Trinajstić information content (AvgIpc) is 3.20. The van der Waals surface area contributed by atoms with Crippen molar-refractivity contribution in [2.24, 2.45) is 5.92 Å². The molecule has 1 aromatic rings. The van der Waals surface area contributed by atoms with E-state index in [1.54, 1.807) is 20.8 Å². The van der Waals surface area contributed by atoms with Crippen molar-refractivity contribution in [1.29, 1.82) is 0 Å². The van der Waals surface area contributed by atoms with Crippen molar-refractivity contribution in [1.82, 2.24) is 0 Å². The lowest BCUT2D eigenvalue weighted by atomic mass is 9.74. The van der Waals surface area contributed by atoms with Crippen LogP contribution < -0.4 is 0 Å². The third-order valence-electron chi connectivity index (χ3n) is 8.74. The molecule has 2 saturated heterocycles. The zero-order chi connectivity index (χ0) is 42.2. The van der Waals surface area contributed by atoms with Gasteiger partial charge in [-0.1, -0.05) is 43.8 Å². The number of methoxy groups -OCH3 is 1. The number of carbonyl (C=O) groups excluding carboxylic acids is 4. The fourth-order valence-corrected chi connectivity index (χ4v) is 7.45. The summed E-state index contributed by atoms with van der Waals surface area (Å²) in [6, 6.07) is 9.45. The van der Waals surface area contributed by atoms with Gasteiger partial charge in [-0.25, -0.2) is 14.4 Å². The Hall–Kier alpha value is -3.41. The molecule has 0 aromatic heterocycles. The fourth-order valence-electron chi connectivity index (χ4n) is 6.82. The van der Waals surface area contributed by atoms with Gasteiger partial charge in [0.1, 0.15) is 29.0 Å². The van der Waals surface area contributed by atoms with Crippen LogP contribution in [-0.4, -0.2) is 109 Å². The standard InChI is InChI=1S/C39H58O15S/c1-23(27(48-25(3)40)24(2)22-26-18-16-15-17-19-26)20-21-37-29(53-55(14,45)46)28(41)38(54-37,32(43)51-35(7,8)9)39(47-13,33(44)52-36(10,11)12)30(49-37)31(42)50-34(4,5)6/h15-19,24,27-30,41H,1,20-22H2,2-14H3/t24-,27-,28-,29-,30-,37+,38+,39-/m1/s1. The molecule has 2 fully saturated rings. The van der Waals surface area contributed by atoms with E-state index in [0.29, 0.717) is 18.2 Å². The van der Waals surface area contributed by atoms with Gasteiger partial charge in [0.15, 0.2) is 6.10 Å². The fraction of sp³-hybridized carbons (Fsp3) is 0.692. The summed E-state index contributed by atoms with van der Waals surface area (Å²) in [4.78, 5) is 56.0. The molecule has 8 atom stereocenters. The maximum absolute atomic E-state index is 14.7. The number of fused-ring (bicyclic) bond motifs is 2. The maximum atomic E-state index is 14.7. The summed E-state index contributed by atoms with van der Waals surface area (Å²) in [5.41, 5.74) is -8.66. The van der Waals surface area contributed by atoms with Crippen LogP contribution in [-0.2, 0) is 73.1 Å². The van der Waals surface area contributed by atoms with Crippen LogP contribution in [0.15, 0.2) is 42.5 Å². The predicted octanol–water partition coefficient (Wildman–Crippen LogP) is 4.11. The predicted molar refractivity (Wildman–Crippen MR) is 198 cm³/mol. The number of aliphatic hydroxyl groups is 1. The molecule has 1 aromatic carbocycles. The van der Waals surface area contributed by atoms with E-state index in [-0.39, 0.29) is 12.3 Å². The van der Waals surface area contributed by atoms with Gasteiger partial charge in [-0.15, -0.1) is 0 Å². The first-order chi connectivity index (χ1) is 24.9. The minimum atomic E-state index is -4.52. The number of esters is 4. The summed E-state index contributed by atoms with van der Waals surface area (Å²) in [6.45, 7) is 20.9. The van der Waals surface area contributed by atoms with Crippen molar-refractivity contribution in [3.05, 3.63) is 48.0 Å². The minimum absolute atomic E-state index is 0.175. The van der Waals surface area contributed by atoms with Crippen LogP contribution in [0.2, 0.25) is 0 Å². The first-order valence-corrected chi connectivity index (χ1v) is 19.8. The van der Waals surface area contributed by atoms with E-state index >= 15 is 0 Å². The highest BCUT2D eigenvalue weighted by Gasteiger charge is 2.87. The van der Waals surface area contributed by atoms with E-state index in [1.807, 2.05) is 37.3 Å². The Kier molecular flexibility index (Phi) is 13.6. The van der Waals surface area contributed by atoms with E-state index in [4.69, 9.17) is 37.3 Å². The summed E-state index contributed by atoms with van der Waals surface area (Å²) < 4.78 is 72.8. The lowest BCUT2D eigenvalue weighted by Gasteiger charge is -2.52. The van der Waals surface area contributed by atoms with Crippen LogP contribution in [0.5, 0.6) is 0 Å². The summed E-state index contributed by atoms with van der Waals surface area (Å²) in [5.74, 6) is -7.52. The van der Waals surface area contributed by atoms with Gasteiger partial charge in [0.05, 0.1) is 6.26 Å². The highest BCUT2D eigenvalue weighted by Crippen LogP contribution is 2.58. The molecular formula is C39H58O15S. The number of aliphatic hydroxyl groups excluding tert-OH is 1. The molecule has 2 bridgehead atoms. The van der Waals surface area contributed by atoms with Crippen LogP contribution in [0.1, 0.15) is 94.6 Å². The van der Waals surface area contributed by atoms with E-state index in [1.165, 1.54) is 48.5 Å². The van der Waals surface area contributed by atoms with Crippen LogP contribution in [0.25, 0.3) is 0 Å². The van der Waals surface area contributed by atoms with Crippen LogP contribution in [0, 0.1) is 5.92 Å². The van der Waals surface area contributed by atoms with Gasteiger partial charge in [0, 0.05) is 26.4 Å². The highest BCUT2D eigenvalue weighted by molar-refractivity contribution is 7.86. The highest BCUT2D eigenvalue weighted by atomic mass is 32.2. The molecule has 310 valence electrons. The van der Waals surface area contributed by atoms with Gasteiger partial charge in [0.25, 0.3) is 10.1 Å². The molecular weight excluding hydrogens is 740 g/mol. The molecule has 2 heterocycles. The van der Waals surface area contributed by atoms with Crippen molar-refractivity contribution in [3.8, 4) is 0 Å². The molecule has 15 nitrogen and oxygen atoms in total. The van der Waals surface area contributed by atoms with Crippen molar-refractivity contribution in [2.45, 2.75) is 154 Å². The lowest BCUT2D eigenvalue weighted by Crippen LogP contribution is -2.79. The first kappa shape index (κ1) is 46.0. The van der Waals surface area contributed by atoms with Gasteiger partial charge in [-0.3, -0.25) is 8.98 Å². The van der Waals surface area contributed by atoms with Gasteiger partial charge >= 0.3 is 23.9 Å². The molecule has 0 radical (unpaired) electrons. The second-order valence-corrected chi connectivity index (χ2v) is 18.7. The van der Waals surface area contributed by atoms with E-state index < -0.39 is 98.6 Å². The zero-order valence-electron chi connectivity index (χ0n) is 34.2. The molecule has 3 rings (SSSR count). The van der Waals surface area contributed by atoms with Crippen molar-refractivity contribution in [3.63, 3.8) is 0 Å². The third kappa shape index (κ3) is 10.3. The monoisotopic (exact) mass is 798 g/mol. The quantitative estimate of drug-likeness (QED) is 0.122. The van der Waals surface area contributed by atoms with E-state index in [0.717, 1.165) is 12.7 Å². The molecule has 0 unspecified atom stereocenters. The number of hydrogen-bond donors (Lipinski definition) is 1. The third-order valence-corrected chi connectivity index (χ3v) is 9.30. The number of carbonyl (C=O) groups is 4. The van der Waals surface area contributed by atoms with Gasteiger partial charge in [-0.2, -0.15) is 8.42 Å². The van der Waals surface area contributed by atoms with Gasteiger partial charge in [-0.05, 0) is 86.3 Å². The molecule has 16 heteroatoms. The lowest BCUT2D eigenvalue weighted by molar-refractivity contribution is -0.380. The summed E-state index contributed by atoms with van der Waals surface area (Å²) in [7, 11) is -3.56. The van der Waals surface area contributed by atoms with Crippen LogP contribution >= 0.6 is 0 Å². The smallest absolute Gasteiger partial charge is 0.346 e. The Bertz CT molecular complexity index is 1700. The average molecular weight is 799 g/mol. The van der Waals surface area contributed by atoms with Crippen molar-refractivity contribution < 1.29 is 70.0 Å². The van der Waals surface area contributed by atoms with Crippen molar-refractivity contribution in [2.75, 3.05) is 13.4 Å². The van der Waals surface area contributed by atoms with E-state index in [2.05, 4.69) is 6.58 Å². The zero-order valence-corrected chi connectivity index (χ0v) is 35.0. The van der Waals surface area contributed by atoms with Crippen LogP contribution in [0.3, 0.4) is 0 Å². The Morgan fingerprint density at radius 3 is 1.91 bits per heavy atom. The molecule has 55 heavy (non-hydrogen) atoms. The number of hydrogen-bond acceptors (Lipinski definition) is 15. The second-order valence-electron chi connectivity index (χ2n) is 17.1. The minimum Gasteiger partial charge on any atom is -0.458 e. The molecule has 0 amide bonds. The van der Waals surface area contributed by atoms with Crippen LogP contribution in [0.4, 0.5) is 0 Å². The largest absolute Gasteiger partial charge is 0.458 e. The number of rotatable bonds is 14. The molecule has 0 aliphatic carbocycles. The van der Waals surface area contributed by atoms with Gasteiger partial charge in [0.2, 0.25) is 23.1 Å². The topological polar surface area (TPSA) is 196 Å². The molecule has 0 spiro atoms. The van der Waals surface area contributed by atoms with Crippen molar-refractivity contribution >= 4 is 34.0 Å². The Balaban J connectivity index is 2.34. The number of ether oxygens (including phenoxy) is 7. The summed E-state index contributed by atoms with van der Waals surface area (Å²) in [6.07, 6.45) is -7.22. The first-order valence-electron chi connectivity index (χ1n) is 18.0. The molecule has 2 aliphatic heterocycles. The second kappa shape index (κ2) is 16.2. The Morgan fingerprint density at radius 2 is 1.44 bits per heavy atom. The maximum Gasteiger partial charge on any atom is 0.346 e. The molecule has 2 aliphatic rings. The Labute approximate surface area is 324 Å². The molecule has 1 N–H and O–H groups in total. The van der Waals surface area contributed by atoms with Gasteiger partial charge < -0.3 is 38.3 Å². The molecule has 0 saturated carbocycles. The summed E-state index contributed by atoms with van der Waals surface area (Å²) >= 11 is 0.